The molecule has 0 radical (unpaired) electrons. The molecule has 0 aliphatic heterocycles. The van der Waals surface area contributed by atoms with Crippen LogP contribution in [0.25, 0.3) is 0 Å². The smallest absolute Gasteiger partial charge is 0.322 e. The molecule has 1 aromatic carbocycles. The van der Waals surface area contributed by atoms with E-state index in [-0.39, 0.29) is 11.3 Å². The van der Waals surface area contributed by atoms with Crippen LogP contribution < -0.4 is 4.72 Å². The first kappa shape index (κ1) is 16.2. The average Bonchev–Trinajstić information content (AvgIpc) is 2.27. The highest BCUT2D eigenvalue weighted by atomic mass is 79.9. The van der Waals surface area contributed by atoms with Crippen molar-refractivity contribution in [3.63, 3.8) is 0 Å². The minimum Gasteiger partial charge on any atom is -0.480 e. The minimum absolute atomic E-state index is 0.0565. The third kappa shape index (κ3) is 4.31. The van der Waals surface area contributed by atoms with Crippen LogP contribution in [0, 0.1) is 12.3 Å². The van der Waals surface area contributed by atoms with E-state index < -0.39 is 22.0 Å². The molecule has 0 aliphatic rings. The summed E-state index contributed by atoms with van der Waals surface area (Å²) >= 11 is 6.31. The average molecular weight is 411 g/mol. The van der Waals surface area contributed by atoms with Gasteiger partial charge in [-0.3, -0.25) is 4.79 Å². The predicted octanol–water partition coefficient (Wildman–Crippen LogP) is 1.97. The zero-order valence-corrected chi connectivity index (χ0v) is 13.4. The summed E-state index contributed by atoms with van der Waals surface area (Å²) in [5.41, 5.74) is 0. The van der Waals surface area contributed by atoms with Gasteiger partial charge in [-0.25, -0.2) is 8.42 Å². The number of carboxylic acids is 1. The number of hydrogen-bond donors (Lipinski definition) is 2. The Bertz CT molecular complexity index is 637. The van der Waals surface area contributed by atoms with E-state index in [0.29, 0.717) is 8.95 Å². The van der Waals surface area contributed by atoms with Crippen LogP contribution in [-0.4, -0.2) is 25.5 Å². The molecule has 1 atom stereocenters. The largest absolute Gasteiger partial charge is 0.480 e. The normalized spacial score (nSPS) is 12.7. The predicted molar refractivity (Wildman–Crippen MR) is 77.0 cm³/mol. The first-order chi connectivity index (χ1) is 8.77. The van der Waals surface area contributed by atoms with Crippen molar-refractivity contribution in [2.45, 2.75) is 17.4 Å². The van der Waals surface area contributed by atoms with Crippen LogP contribution in [0.15, 0.2) is 32.0 Å². The van der Waals surface area contributed by atoms with Crippen molar-refractivity contribution in [2.24, 2.45) is 0 Å². The van der Waals surface area contributed by atoms with Gasteiger partial charge in [0.25, 0.3) is 0 Å². The number of terminal acetylenes is 1. The summed E-state index contributed by atoms with van der Waals surface area (Å²) in [5, 5.41) is 8.89. The van der Waals surface area contributed by atoms with E-state index in [1.165, 1.54) is 12.1 Å². The number of carbonyl (C=O) groups is 1. The Morgan fingerprint density at radius 1 is 1.47 bits per heavy atom. The van der Waals surface area contributed by atoms with Crippen molar-refractivity contribution in [3.05, 3.63) is 27.1 Å². The Hall–Kier alpha value is -0.880. The topological polar surface area (TPSA) is 83.5 Å². The fraction of sp³-hybridized carbons (Fsp3) is 0.182. The maximum atomic E-state index is 12.1. The molecule has 0 amide bonds. The third-order valence-corrected chi connectivity index (χ3v) is 5.04. The minimum atomic E-state index is -3.97. The van der Waals surface area contributed by atoms with E-state index in [1.54, 1.807) is 6.07 Å². The zero-order chi connectivity index (χ0) is 14.6. The molecule has 0 bridgehead atoms. The Kier molecular flexibility index (Phi) is 5.55. The summed E-state index contributed by atoms with van der Waals surface area (Å²) in [6.45, 7) is 0. The Labute approximate surface area is 127 Å². The molecule has 0 heterocycles. The number of halogens is 2. The van der Waals surface area contributed by atoms with Crippen LogP contribution in [0.4, 0.5) is 0 Å². The van der Waals surface area contributed by atoms with Gasteiger partial charge in [0.2, 0.25) is 10.0 Å². The number of hydrogen-bond acceptors (Lipinski definition) is 3. The fourth-order valence-corrected chi connectivity index (χ4v) is 4.18. The van der Waals surface area contributed by atoms with Crippen LogP contribution in [0.3, 0.4) is 0 Å². The van der Waals surface area contributed by atoms with Crippen molar-refractivity contribution < 1.29 is 18.3 Å². The van der Waals surface area contributed by atoms with E-state index in [9.17, 15) is 13.2 Å². The van der Waals surface area contributed by atoms with Gasteiger partial charge in [0.1, 0.15) is 6.04 Å². The molecule has 0 aliphatic carbocycles. The van der Waals surface area contributed by atoms with Gasteiger partial charge >= 0.3 is 5.97 Å². The lowest BCUT2D eigenvalue weighted by atomic mass is 10.2. The number of rotatable bonds is 5. The maximum absolute atomic E-state index is 12.1. The molecule has 2 N–H and O–H groups in total. The maximum Gasteiger partial charge on any atom is 0.322 e. The molecule has 0 fully saturated rings. The van der Waals surface area contributed by atoms with Crippen LogP contribution in [-0.2, 0) is 14.8 Å². The first-order valence-electron chi connectivity index (χ1n) is 4.91. The van der Waals surface area contributed by atoms with E-state index >= 15 is 0 Å². The molecule has 1 rings (SSSR count). The second-order valence-corrected chi connectivity index (χ2v) is 6.95. The van der Waals surface area contributed by atoms with Gasteiger partial charge in [-0.05, 0) is 34.1 Å². The highest BCUT2D eigenvalue weighted by molar-refractivity contribution is 9.11. The summed E-state index contributed by atoms with van der Waals surface area (Å²) < 4.78 is 27.2. The van der Waals surface area contributed by atoms with Gasteiger partial charge in [-0.2, -0.15) is 4.72 Å². The molecule has 102 valence electrons. The van der Waals surface area contributed by atoms with Gasteiger partial charge in [-0.15, -0.1) is 12.3 Å². The summed E-state index contributed by atoms with van der Waals surface area (Å²) in [6.07, 6.45) is 4.78. The number of sulfonamides is 1. The first-order valence-corrected chi connectivity index (χ1v) is 7.98. The molecular formula is C11H9Br2NO4S. The van der Waals surface area contributed by atoms with Gasteiger partial charge < -0.3 is 5.11 Å². The van der Waals surface area contributed by atoms with Crippen molar-refractivity contribution in [2.75, 3.05) is 0 Å². The second-order valence-electron chi connectivity index (χ2n) is 3.50. The van der Waals surface area contributed by atoms with E-state index in [2.05, 4.69) is 42.5 Å². The number of aliphatic carboxylic acids is 1. The van der Waals surface area contributed by atoms with Crippen LogP contribution >= 0.6 is 31.9 Å². The molecule has 0 spiro atoms. The second kappa shape index (κ2) is 6.52. The molecule has 0 saturated heterocycles. The monoisotopic (exact) mass is 409 g/mol. The van der Waals surface area contributed by atoms with Crippen molar-refractivity contribution in [1.82, 2.24) is 4.72 Å². The third-order valence-electron chi connectivity index (χ3n) is 2.10. The molecule has 8 heteroatoms. The number of nitrogens with one attached hydrogen (secondary N) is 1. The Morgan fingerprint density at radius 3 is 2.58 bits per heavy atom. The molecule has 0 aromatic heterocycles. The van der Waals surface area contributed by atoms with Gasteiger partial charge in [0, 0.05) is 15.4 Å². The van der Waals surface area contributed by atoms with E-state index in [4.69, 9.17) is 11.5 Å². The van der Waals surface area contributed by atoms with Crippen molar-refractivity contribution in [3.8, 4) is 12.3 Å². The summed E-state index contributed by atoms with van der Waals surface area (Å²) in [5.74, 6) is 0.796. The molecule has 19 heavy (non-hydrogen) atoms. The van der Waals surface area contributed by atoms with Crippen LogP contribution in [0.1, 0.15) is 6.42 Å². The summed E-state index contributed by atoms with van der Waals surface area (Å²) in [7, 11) is -3.97. The zero-order valence-electron chi connectivity index (χ0n) is 9.43. The lowest BCUT2D eigenvalue weighted by Gasteiger charge is -2.13. The SMILES string of the molecule is C#CCC(NS(=O)(=O)c1ccc(Br)cc1Br)C(=O)O. The van der Waals surface area contributed by atoms with Crippen molar-refractivity contribution in [1.29, 1.82) is 0 Å². The van der Waals surface area contributed by atoms with E-state index in [1.807, 2.05) is 0 Å². The lowest BCUT2D eigenvalue weighted by molar-refractivity contribution is -0.138. The summed E-state index contributed by atoms with van der Waals surface area (Å²) in [4.78, 5) is 10.8. The van der Waals surface area contributed by atoms with Gasteiger partial charge in [0.15, 0.2) is 0 Å². The molecule has 1 unspecified atom stereocenters. The summed E-state index contributed by atoms with van der Waals surface area (Å²) in [6, 6.07) is 3.08. The highest BCUT2D eigenvalue weighted by Crippen LogP contribution is 2.25. The number of carboxylic acid groups (broad SMARTS) is 1. The van der Waals surface area contributed by atoms with Crippen LogP contribution in [0.5, 0.6) is 0 Å². The lowest BCUT2D eigenvalue weighted by Crippen LogP contribution is -2.40. The Morgan fingerprint density at radius 2 is 2.11 bits per heavy atom. The molecule has 0 saturated carbocycles. The standard InChI is InChI=1S/C11H9Br2NO4S/c1-2-3-9(11(15)16)14-19(17,18)10-5-4-7(12)6-8(10)13/h1,4-6,9,14H,3H2,(H,15,16). The quantitative estimate of drug-likeness (QED) is 0.727. The molecule has 1 aromatic rings. The highest BCUT2D eigenvalue weighted by Gasteiger charge is 2.26. The van der Waals surface area contributed by atoms with Gasteiger partial charge in [0.05, 0.1) is 4.90 Å². The molecule has 5 nitrogen and oxygen atoms in total. The van der Waals surface area contributed by atoms with Crippen LogP contribution in [0.2, 0.25) is 0 Å². The Balaban J connectivity index is 3.11. The molecular weight excluding hydrogens is 402 g/mol. The van der Waals surface area contributed by atoms with Crippen molar-refractivity contribution >= 4 is 47.9 Å². The fourth-order valence-electron chi connectivity index (χ4n) is 1.24. The van der Waals surface area contributed by atoms with E-state index in [0.717, 1.165) is 0 Å². The van der Waals surface area contributed by atoms with Gasteiger partial charge in [-0.1, -0.05) is 15.9 Å². The number of benzene rings is 1.